The molecule has 0 aliphatic rings. The molecule has 1 atom stereocenters. The number of carboxylic acid groups (broad SMARTS) is 2. The molecule has 11 heteroatoms. The number of nitrogens with one attached hydrogen (secondary N) is 1. The number of carbonyl (C=O) groups is 2. The molecule has 3 aromatic carbocycles. The number of carboxylic acids is 2. The van der Waals surface area contributed by atoms with E-state index in [2.05, 4.69) is 5.32 Å². The van der Waals surface area contributed by atoms with E-state index in [1.807, 2.05) is 6.92 Å². The van der Waals surface area contributed by atoms with E-state index in [1.165, 1.54) is 31.2 Å². The molecular weight excluding hydrogens is 506 g/mol. The number of hydrogen-bond acceptors (Lipinski definition) is 7. The van der Waals surface area contributed by atoms with Gasteiger partial charge in [0.05, 0.1) is 21.7 Å². The SMILES string of the molecule is CC(N)(Cc1ccc(O)c(O)c1)C(=O)O.Cc1ccc(Cl)c(Nc2ccccc2C(=O)[O-])c1Cl.[Na+]. The summed E-state index contributed by atoms with van der Waals surface area (Å²) >= 11 is 12.2. The molecule has 0 bridgehead atoms. The van der Waals surface area contributed by atoms with Crippen LogP contribution >= 0.6 is 23.2 Å². The predicted octanol–water partition coefficient (Wildman–Crippen LogP) is 0.855. The molecule has 0 aliphatic heterocycles. The first-order chi connectivity index (χ1) is 15.8. The van der Waals surface area contributed by atoms with Crippen molar-refractivity contribution in [1.29, 1.82) is 0 Å². The van der Waals surface area contributed by atoms with Gasteiger partial charge in [0.15, 0.2) is 11.5 Å². The number of halogens is 2. The van der Waals surface area contributed by atoms with Crippen molar-refractivity contribution in [2.75, 3.05) is 5.32 Å². The number of nitrogens with two attached hydrogens (primary N) is 1. The van der Waals surface area contributed by atoms with Gasteiger partial charge in [0, 0.05) is 17.7 Å². The largest absolute Gasteiger partial charge is 1.00 e. The van der Waals surface area contributed by atoms with E-state index in [9.17, 15) is 19.8 Å². The summed E-state index contributed by atoms with van der Waals surface area (Å²) in [4.78, 5) is 21.8. The Morgan fingerprint density at radius 1 is 1.06 bits per heavy atom. The quantitative estimate of drug-likeness (QED) is 0.233. The Balaban J connectivity index is 0.000000350. The van der Waals surface area contributed by atoms with Gasteiger partial charge in [0.2, 0.25) is 0 Å². The maximum Gasteiger partial charge on any atom is 1.00 e. The number of anilines is 2. The third-order valence-electron chi connectivity index (χ3n) is 4.79. The number of aromatic carboxylic acids is 1. The van der Waals surface area contributed by atoms with Crippen LogP contribution in [0.4, 0.5) is 11.4 Å². The minimum atomic E-state index is -1.39. The number of hydrogen-bond donors (Lipinski definition) is 5. The number of carbonyl (C=O) groups excluding carboxylic acids is 1. The number of aliphatic carboxylic acids is 1. The van der Waals surface area contributed by atoms with Gasteiger partial charge in [-0.1, -0.05) is 53.5 Å². The van der Waals surface area contributed by atoms with Crippen LogP contribution in [0.25, 0.3) is 0 Å². The average molecular weight is 529 g/mol. The van der Waals surface area contributed by atoms with E-state index in [1.54, 1.807) is 30.3 Å². The van der Waals surface area contributed by atoms with Gasteiger partial charge in [0.25, 0.3) is 0 Å². The average Bonchev–Trinajstić information content (AvgIpc) is 2.77. The molecule has 0 saturated heterocycles. The molecule has 1 unspecified atom stereocenters. The van der Waals surface area contributed by atoms with Crippen molar-refractivity contribution >= 4 is 46.5 Å². The van der Waals surface area contributed by atoms with E-state index >= 15 is 0 Å². The second-order valence-electron chi connectivity index (χ2n) is 7.73. The van der Waals surface area contributed by atoms with E-state index in [0.717, 1.165) is 5.56 Å². The van der Waals surface area contributed by atoms with Gasteiger partial charge in [-0.25, -0.2) is 0 Å². The van der Waals surface area contributed by atoms with Crippen LogP contribution < -0.4 is 45.7 Å². The minimum absolute atomic E-state index is 0. The third kappa shape index (κ3) is 8.31. The molecule has 3 aromatic rings. The second-order valence-corrected chi connectivity index (χ2v) is 8.52. The van der Waals surface area contributed by atoms with Gasteiger partial charge < -0.3 is 36.3 Å². The summed E-state index contributed by atoms with van der Waals surface area (Å²) in [6, 6.07) is 14.0. The summed E-state index contributed by atoms with van der Waals surface area (Å²) in [6.07, 6.45) is 0.0795. The van der Waals surface area contributed by atoms with E-state index in [-0.39, 0.29) is 53.0 Å². The molecular formula is C24H23Cl2N2NaO6. The number of benzene rings is 3. The van der Waals surface area contributed by atoms with Crippen LogP contribution in [0.1, 0.15) is 28.4 Å². The maximum atomic E-state index is 11.0. The Morgan fingerprint density at radius 3 is 2.26 bits per heavy atom. The van der Waals surface area contributed by atoms with Crippen molar-refractivity contribution in [3.05, 3.63) is 81.3 Å². The van der Waals surface area contributed by atoms with Crippen LogP contribution in [0.15, 0.2) is 54.6 Å². The Morgan fingerprint density at radius 2 is 1.69 bits per heavy atom. The first-order valence-corrected chi connectivity index (χ1v) is 10.6. The summed E-state index contributed by atoms with van der Waals surface area (Å²) in [7, 11) is 0. The van der Waals surface area contributed by atoms with Gasteiger partial charge in [-0.2, -0.15) is 0 Å². The molecule has 0 aliphatic carbocycles. The normalized spacial score (nSPS) is 11.8. The van der Waals surface area contributed by atoms with Gasteiger partial charge in [0.1, 0.15) is 5.54 Å². The molecule has 0 saturated carbocycles. The standard InChI is InChI=1S/C14H11Cl2NO2.C10H13NO4.Na/c1-8-6-7-10(15)13(12(8)16)17-11-5-3-2-4-9(11)14(18)19;1-10(11,9(14)15)5-6-2-3-7(12)8(13)4-6;/h2-7,17H,1H3,(H,18,19);2-4,12-13H,5,11H2,1H3,(H,14,15);/q;;+1/p-1. The van der Waals surface area contributed by atoms with Crippen LogP contribution in [0, 0.1) is 6.92 Å². The Hall–Kier alpha value is -2.46. The van der Waals surface area contributed by atoms with Crippen molar-refractivity contribution in [1.82, 2.24) is 0 Å². The molecule has 0 aromatic heterocycles. The zero-order valence-corrected chi connectivity index (χ0v) is 22.8. The number of rotatable bonds is 6. The molecule has 6 N–H and O–H groups in total. The Labute approximate surface area is 234 Å². The number of phenolic OH excluding ortho intramolecular Hbond substituents is 2. The monoisotopic (exact) mass is 528 g/mol. The molecule has 8 nitrogen and oxygen atoms in total. The van der Waals surface area contributed by atoms with Crippen LogP contribution in [-0.4, -0.2) is 32.8 Å². The smallest absolute Gasteiger partial charge is 0.545 e. The van der Waals surface area contributed by atoms with Gasteiger partial charge in [-0.15, -0.1) is 0 Å². The first kappa shape index (κ1) is 30.6. The van der Waals surface area contributed by atoms with Gasteiger partial charge >= 0.3 is 35.5 Å². The summed E-state index contributed by atoms with van der Waals surface area (Å²) in [5, 5.41) is 41.9. The number of phenols is 2. The topological polar surface area (TPSA) is 156 Å². The van der Waals surface area contributed by atoms with Crippen molar-refractivity contribution in [2.45, 2.75) is 25.8 Å². The first-order valence-electron chi connectivity index (χ1n) is 9.88. The molecule has 0 radical (unpaired) electrons. The summed E-state index contributed by atoms with van der Waals surface area (Å²) in [5.41, 5.74) is 6.47. The fourth-order valence-corrected chi connectivity index (χ4v) is 3.32. The Bertz CT molecular complexity index is 1220. The zero-order chi connectivity index (χ0) is 25.6. The van der Waals surface area contributed by atoms with Crippen molar-refractivity contribution in [2.24, 2.45) is 5.73 Å². The molecule has 0 amide bonds. The zero-order valence-electron chi connectivity index (χ0n) is 19.3. The summed E-state index contributed by atoms with van der Waals surface area (Å²) in [6.45, 7) is 3.23. The molecule has 35 heavy (non-hydrogen) atoms. The van der Waals surface area contributed by atoms with Crippen molar-refractivity contribution in [3.8, 4) is 11.5 Å². The third-order valence-corrected chi connectivity index (χ3v) is 5.59. The van der Waals surface area contributed by atoms with Gasteiger partial charge in [-0.05, 0) is 49.2 Å². The number of para-hydroxylation sites is 1. The second kappa shape index (κ2) is 13.0. The molecule has 180 valence electrons. The maximum absolute atomic E-state index is 11.0. The fraction of sp³-hybridized carbons (Fsp3) is 0.167. The van der Waals surface area contributed by atoms with E-state index in [0.29, 0.717) is 27.0 Å². The van der Waals surface area contributed by atoms with E-state index < -0.39 is 17.5 Å². The minimum Gasteiger partial charge on any atom is -0.545 e. The molecule has 0 spiro atoms. The summed E-state index contributed by atoms with van der Waals surface area (Å²) in [5.74, 6) is -2.90. The number of aryl methyl sites for hydroxylation is 1. The van der Waals surface area contributed by atoms with Crippen molar-refractivity contribution < 1.29 is 59.6 Å². The Kier molecular flexibility index (Phi) is 11.4. The van der Waals surface area contributed by atoms with Crippen LogP contribution in [0.5, 0.6) is 11.5 Å². The van der Waals surface area contributed by atoms with E-state index in [4.69, 9.17) is 39.1 Å². The van der Waals surface area contributed by atoms with Crippen LogP contribution in [-0.2, 0) is 11.2 Å². The van der Waals surface area contributed by atoms with Gasteiger partial charge in [-0.3, -0.25) is 4.79 Å². The fourth-order valence-electron chi connectivity index (χ4n) is 2.85. The predicted molar refractivity (Wildman–Crippen MR) is 129 cm³/mol. The molecule has 0 fully saturated rings. The van der Waals surface area contributed by atoms with Crippen molar-refractivity contribution in [3.63, 3.8) is 0 Å². The molecule has 0 heterocycles. The summed E-state index contributed by atoms with van der Waals surface area (Å²) < 4.78 is 0. The number of aromatic hydroxyl groups is 2. The van der Waals surface area contributed by atoms with Crippen LogP contribution in [0.3, 0.4) is 0 Å². The van der Waals surface area contributed by atoms with Crippen LogP contribution in [0.2, 0.25) is 10.0 Å². The molecule has 3 rings (SSSR count).